The third-order valence-corrected chi connectivity index (χ3v) is 2.44. The standard InChI is InChI=1S/C13H13ClN4/c1-2-8-15-12-7-9-16-13(18-12)17-11-5-3-10(14)4-6-11/h2-7,9H,1,8H2,(H2,15,16,17,18). The van der Waals surface area contributed by atoms with Crippen LogP contribution < -0.4 is 10.6 Å². The molecule has 0 atom stereocenters. The lowest BCUT2D eigenvalue weighted by Gasteiger charge is -2.07. The summed E-state index contributed by atoms with van der Waals surface area (Å²) in [5.74, 6) is 1.28. The highest BCUT2D eigenvalue weighted by molar-refractivity contribution is 6.30. The van der Waals surface area contributed by atoms with E-state index in [4.69, 9.17) is 11.6 Å². The number of anilines is 3. The van der Waals surface area contributed by atoms with Gasteiger partial charge in [0.15, 0.2) is 0 Å². The molecule has 2 aromatic rings. The maximum atomic E-state index is 5.82. The van der Waals surface area contributed by atoms with Crippen molar-refractivity contribution in [2.24, 2.45) is 0 Å². The molecule has 1 aromatic heterocycles. The second kappa shape index (κ2) is 6.02. The molecule has 0 aliphatic carbocycles. The molecule has 92 valence electrons. The lowest BCUT2D eigenvalue weighted by Crippen LogP contribution is -2.03. The lowest BCUT2D eigenvalue weighted by molar-refractivity contribution is 1.14. The second-order valence-electron chi connectivity index (χ2n) is 3.57. The van der Waals surface area contributed by atoms with E-state index in [1.165, 1.54) is 0 Å². The minimum Gasteiger partial charge on any atom is -0.366 e. The van der Waals surface area contributed by atoms with E-state index in [1.54, 1.807) is 18.3 Å². The molecule has 2 rings (SSSR count). The van der Waals surface area contributed by atoms with Gasteiger partial charge in [0.25, 0.3) is 0 Å². The van der Waals surface area contributed by atoms with Gasteiger partial charge in [0, 0.05) is 23.5 Å². The Bertz CT molecular complexity index is 525. The molecule has 1 aromatic carbocycles. The zero-order valence-electron chi connectivity index (χ0n) is 9.73. The second-order valence-corrected chi connectivity index (χ2v) is 4.00. The number of hydrogen-bond acceptors (Lipinski definition) is 4. The maximum Gasteiger partial charge on any atom is 0.229 e. The zero-order chi connectivity index (χ0) is 12.8. The fourth-order valence-electron chi connectivity index (χ4n) is 1.36. The first-order chi connectivity index (χ1) is 8.78. The highest BCUT2D eigenvalue weighted by Gasteiger charge is 1.99. The van der Waals surface area contributed by atoms with Gasteiger partial charge in [-0.2, -0.15) is 4.98 Å². The van der Waals surface area contributed by atoms with Crippen molar-refractivity contribution in [2.75, 3.05) is 17.2 Å². The smallest absolute Gasteiger partial charge is 0.229 e. The summed E-state index contributed by atoms with van der Waals surface area (Å²) in [6, 6.07) is 9.16. The molecule has 0 saturated heterocycles. The van der Waals surface area contributed by atoms with Gasteiger partial charge in [0.2, 0.25) is 5.95 Å². The van der Waals surface area contributed by atoms with Gasteiger partial charge in [-0.3, -0.25) is 0 Å². The molecule has 5 heteroatoms. The monoisotopic (exact) mass is 260 g/mol. The van der Waals surface area contributed by atoms with Crippen molar-refractivity contribution in [3.8, 4) is 0 Å². The van der Waals surface area contributed by atoms with Gasteiger partial charge in [-0.15, -0.1) is 6.58 Å². The third kappa shape index (κ3) is 3.46. The number of halogens is 1. The largest absolute Gasteiger partial charge is 0.366 e. The summed E-state index contributed by atoms with van der Waals surface area (Å²) in [5.41, 5.74) is 0.889. The Balaban J connectivity index is 2.08. The number of aromatic nitrogens is 2. The van der Waals surface area contributed by atoms with E-state index in [9.17, 15) is 0 Å². The van der Waals surface area contributed by atoms with Crippen LogP contribution in [0.15, 0.2) is 49.2 Å². The molecule has 1 heterocycles. The Hall–Kier alpha value is -2.07. The van der Waals surface area contributed by atoms with Gasteiger partial charge < -0.3 is 10.6 Å². The quantitative estimate of drug-likeness (QED) is 0.809. The van der Waals surface area contributed by atoms with Crippen LogP contribution in [0.3, 0.4) is 0 Å². The van der Waals surface area contributed by atoms with E-state index in [-0.39, 0.29) is 0 Å². The molecule has 0 fully saturated rings. The van der Waals surface area contributed by atoms with Crippen LogP contribution in [0.25, 0.3) is 0 Å². The highest BCUT2D eigenvalue weighted by atomic mass is 35.5. The molecule has 18 heavy (non-hydrogen) atoms. The molecule has 0 aliphatic rings. The van der Waals surface area contributed by atoms with Crippen molar-refractivity contribution in [1.29, 1.82) is 0 Å². The molecule has 0 unspecified atom stereocenters. The zero-order valence-corrected chi connectivity index (χ0v) is 10.5. The molecule has 0 spiro atoms. The van der Waals surface area contributed by atoms with Gasteiger partial charge in [0.1, 0.15) is 5.82 Å². The van der Waals surface area contributed by atoms with Gasteiger partial charge in [0.05, 0.1) is 0 Å². The van der Waals surface area contributed by atoms with E-state index < -0.39 is 0 Å². The molecule has 0 bridgehead atoms. The summed E-state index contributed by atoms with van der Waals surface area (Å²) in [4.78, 5) is 8.46. The Morgan fingerprint density at radius 1 is 1.22 bits per heavy atom. The van der Waals surface area contributed by atoms with Crippen molar-refractivity contribution in [3.05, 3.63) is 54.2 Å². The molecule has 0 amide bonds. The highest BCUT2D eigenvalue weighted by Crippen LogP contribution is 2.17. The number of nitrogens with zero attached hydrogens (tertiary/aromatic N) is 2. The number of nitrogens with one attached hydrogen (secondary N) is 2. The summed E-state index contributed by atoms with van der Waals surface area (Å²) < 4.78 is 0. The van der Waals surface area contributed by atoms with Crippen LogP contribution >= 0.6 is 11.6 Å². The minimum atomic E-state index is 0.534. The molecular formula is C13H13ClN4. The first kappa shape index (κ1) is 12.4. The number of hydrogen-bond donors (Lipinski definition) is 2. The average Bonchev–Trinajstić information content (AvgIpc) is 2.40. The summed E-state index contributed by atoms with van der Waals surface area (Å²) in [6.07, 6.45) is 3.46. The first-order valence-electron chi connectivity index (χ1n) is 5.48. The summed E-state index contributed by atoms with van der Waals surface area (Å²) in [6.45, 7) is 4.30. The summed E-state index contributed by atoms with van der Waals surface area (Å²) in [5, 5.41) is 6.90. The Labute approximate surface area is 111 Å². The predicted octanol–water partition coefficient (Wildman–Crippen LogP) is 3.47. The van der Waals surface area contributed by atoms with Crippen LogP contribution in [0.4, 0.5) is 17.5 Å². The maximum absolute atomic E-state index is 5.82. The van der Waals surface area contributed by atoms with Crippen LogP contribution in [0.5, 0.6) is 0 Å². The molecule has 0 saturated carbocycles. The SMILES string of the molecule is C=CCNc1ccnc(Nc2ccc(Cl)cc2)n1. The van der Waals surface area contributed by atoms with Gasteiger partial charge in [-0.1, -0.05) is 17.7 Å². The van der Waals surface area contributed by atoms with Crippen molar-refractivity contribution in [1.82, 2.24) is 9.97 Å². The first-order valence-corrected chi connectivity index (χ1v) is 5.86. The van der Waals surface area contributed by atoms with Crippen molar-refractivity contribution >= 4 is 29.1 Å². The fourth-order valence-corrected chi connectivity index (χ4v) is 1.48. The van der Waals surface area contributed by atoms with Crippen LogP contribution in [0.2, 0.25) is 5.02 Å². The summed E-state index contributed by atoms with van der Waals surface area (Å²) in [7, 11) is 0. The lowest BCUT2D eigenvalue weighted by atomic mass is 10.3. The van der Waals surface area contributed by atoms with Gasteiger partial charge >= 0.3 is 0 Å². The third-order valence-electron chi connectivity index (χ3n) is 2.18. The molecular weight excluding hydrogens is 248 g/mol. The van der Waals surface area contributed by atoms with E-state index in [1.807, 2.05) is 24.3 Å². The van der Waals surface area contributed by atoms with Crippen LogP contribution in [-0.2, 0) is 0 Å². The minimum absolute atomic E-state index is 0.534. The Kier molecular flexibility index (Phi) is 4.15. The van der Waals surface area contributed by atoms with E-state index in [0.29, 0.717) is 17.5 Å². The van der Waals surface area contributed by atoms with E-state index >= 15 is 0 Å². The topological polar surface area (TPSA) is 49.8 Å². The Morgan fingerprint density at radius 3 is 2.72 bits per heavy atom. The van der Waals surface area contributed by atoms with Crippen LogP contribution in [0.1, 0.15) is 0 Å². The molecule has 4 nitrogen and oxygen atoms in total. The van der Waals surface area contributed by atoms with Crippen LogP contribution in [-0.4, -0.2) is 16.5 Å². The van der Waals surface area contributed by atoms with Crippen molar-refractivity contribution < 1.29 is 0 Å². The average molecular weight is 261 g/mol. The van der Waals surface area contributed by atoms with Gasteiger partial charge in [-0.25, -0.2) is 4.98 Å². The number of benzene rings is 1. The molecule has 2 N–H and O–H groups in total. The van der Waals surface area contributed by atoms with E-state index in [2.05, 4.69) is 27.2 Å². The van der Waals surface area contributed by atoms with Crippen molar-refractivity contribution in [2.45, 2.75) is 0 Å². The summed E-state index contributed by atoms with van der Waals surface area (Å²) >= 11 is 5.82. The number of rotatable bonds is 5. The van der Waals surface area contributed by atoms with Crippen molar-refractivity contribution in [3.63, 3.8) is 0 Å². The van der Waals surface area contributed by atoms with Crippen LogP contribution in [0, 0.1) is 0 Å². The molecule has 0 aliphatic heterocycles. The Morgan fingerprint density at radius 2 is 2.00 bits per heavy atom. The van der Waals surface area contributed by atoms with Gasteiger partial charge in [-0.05, 0) is 30.3 Å². The van der Waals surface area contributed by atoms with E-state index in [0.717, 1.165) is 11.5 Å². The molecule has 0 radical (unpaired) electrons. The predicted molar refractivity (Wildman–Crippen MR) is 75.5 cm³/mol. The fraction of sp³-hybridized carbons (Fsp3) is 0.0769. The normalized spacial score (nSPS) is 9.83.